The highest BCUT2D eigenvalue weighted by atomic mass is 32.1. The van der Waals surface area contributed by atoms with E-state index in [1.54, 1.807) is 4.90 Å². The van der Waals surface area contributed by atoms with E-state index in [0.29, 0.717) is 35.8 Å². The molecule has 1 atom stereocenters. The molecule has 1 aliphatic carbocycles. The monoisotopic (exact) mass is 338 g/mol. The van der Waals surface area contributed by atoms with E-state index in [0.717, 1.165) is 17.0 Å². The van der Waals surface area contributed by atoms with Crippen LogP contribution in [0, 0.1) is 11.3 Å². The molecule has 0 bridgehead atoms. The number of anilines is 1. The zero-order valence-corrected chi connectivity index (χ0v) is 13.5. The van der Waals surface area contributed by atoms with Gasteiger partial charge in [0.1, 0.15) is 12.1 Å². The van der Waals surface area contributed by atoms with E-state index < -0.39 is 5.92 Å². The molecule has 2 aromatic heterocycles. The molecule has 3 heterocycles. The zero-order chi connectivity index (χ0) is 16.7. The Morgan fingerprint density at radius 1 is 1.46 bits per heavy atom. The fourth-order valence-electron chi connectivity index (χ4n) is 3.38. The fourth-order valence-corrected chi connectivity index (χ4v) is 4.22. The third-order valence-corrected chi connectivity index (χ3v) is 5.29. The number of carbonyl (C=O) groups excluding carboxylic acids is 1. The summed E-state index contributed by atoms with van der Waals surface area (Å²) in [5.41, 5.74) is 8.18. The van der Waals surface area contributed by atoms with Gasteiger partial charge < -0.3 is 5.73 Å². The molecule has 120 valence electrons. The molecule has 2 aromatic rings. The second kappa shape index (κ2) is 5.62. The lowest BCUT2D eigenvalue weighted by Gasteiger charge is -2.37. The predicted octanol–water partition coefficient (Wildman–Crippen LogP) is 2.17. The number of aromatic amines is 1. The Kier molecular flexibility index (Phi) is 3.43. The van der Waals surface area contributed by atoms with Gasteiger partial charge in [-0.2, -0.15) is 15.3 Å². The lowest BCUT2D eigenvalue weighted by Crippen LogP contribution is -2.39. The number of hydrogen-bond acceptors (Lipinski definition) is 7. The number of aromatic nitrogens is 3. The van der Waals surface area contributed by atoms with Gasteiger partial charge in [-0.1, -0.05) is 6.07 Å². The first kappa shape index (κ1) is 14.7. The molecule has 0 fully saturated rings. The van der Waals surface area contributed by atoms with Crippen LogP contribution in [-0.2, 0) is 4.79 Å². The highest BCUT2D eigenvalue weighted by molar-refractivity contribution is 7.10. The van der Waals surface area contributed by atoms with Crippen molar-refractivity contribution in [2.45, 2.75) is 25.2 Å². The summed E-state index contributed by atoms with van der Waals surface area (Å²) in [5.74, 6) is 0.407. The molecule has 0 spiro atoms. The molecule has 0 saturated heterocycles. The number of allylic oxidation sites excluding steroid dienone is 3. The topological polar surface area (TPSA) is 112 Å². The van der Waals surface area contributed by atoms with Gasteiger partial charge in [0.05, 0.1) is 17.6 Å². The van der Waals surface area contributed by atoms with Gasteiger partial charge in [0.2, 0.25) is 5.95 Å². The highest BCUT2D eigenvalue weighted by Gasteiger charge is 2.41. The molecule has 0 amide bonds. The lowest BCUT2D eigenvalue weighted by molar-refractivity contribution is -0.116. The van der Waals surface area contributed by atoms with Crippen molar-refractivity contribution in [2.75, 3.05) is 4.90 Å². The van der Waals surface area contributed by atoms with E-state index in [2.05, 4.69) is 21.3 Å². The first-order valence-corrected chi connectivity index (χ1v) is 8.45. The van der Waals surface area contributed by atoms with Crippen LogP contribution in [-0.4, -0.2) is 21.0 Å². The van der Waals surface area contributed by atoms with Crippen LogP contribution in [0.15, 0.2) is 46.5 Å². The number of Topliss-reactive ketones (excluding diaryl/α,β-unsaturated/α-hetero) is 1. The van der Waals surface area contributed by atoms with Gasteiger partial charge >= 0.3 is 0 Å². The largest absolute Gasteiger partial charge is 0.384 e. The van der Waals surface area contributed by atoms with Crippen LogP contribution in [0.25, 0.3) is 0 Å². The molecule has 4 rings (SSSR count). The Bertz CT molecular complexity index is 888. The Morgan fingerprint density at radius 3 is 3.00 bits per heavy atom. The maximum atomic E-state index is 12.7. The normalized spacial score (nSPS) is 21.0. The van der Waals surface area contributed by atoms with Crippen LogP contribution in [0.5, 0.6) is 0 Å². The summed E-state index contributed by atoms with van der Waals surface area (Å²) >= 11 is 1.53. The van der Waals surface area contributed by atoms with E-state index in [-0.39, 0.29) is 5.78 Å². The molecular weight excluding hydrogens is 324 g/mol. The van der Waals surface area contributed by atoms with Crippen LogP contribution in [0.2, 0.25) is 0 Å². The molecule has 2 aliphatic rings. The van der Waals surface area contributed by atoms with Gasteiger partial charge in [0.15, 0.2) is 5.78 Å². The molecule has 0 saturated carbocycles. The van der Waals surface area contributed by atoms with Gasteiger partial charge in [0.25, 0.3) is 0 Å². The number of ketones is 1. The molecule has 1 aliphatic heterocycles. The summed E-state index contributed by atoms with van der Waals surface area (Å²) in [6, 6.07) is 6.07. The molecule has 3 N–H and O–H groups in total. The summed E-state index contributed by atoms with van der Waals surface area (Å²) < 4.78 is 0. The van der Waals surface area contributed by atoms with E-state index >= 15 is 0 Å². The summed E-state index contributed by atoms with van der Waals surface area (Å²) in [4.78, 5) is 19.5. The van der Waals surface area contributed by atoms with Crippen molar-refractivity contribution in [2.24, 2.45) is 5.73 Å². The number of nitrogens with two attached hydrogens (primary N) is 1. The maximum Gasteiger partial charge on any atom is 0.231 e. The summed E-state index contributed by atoms with van der Waals surface area (Å²) in [7, 11) is 0. The number of H-pyrrole nitrogens is 1. The van der Waals surface area contributed by atoms with Crippen molar-refractivity contribution in [1.29, 1.82) is 5.26 Å². The zero-order valence-electron chi connectivity index (χ0n) is 12.7. The lowest BCUT2D eigenvalue weighted by atomic mass is 9.78. The van der Waals surface area contributed by atoms with Crippen molar-refractivity contribution in [3.63, 3.8) is 0 Å². The molecule has 7 nitrogen and oxygen atoms in total. The van der Waals surface area contributed by atoms with Crippen molar-refractivity contribution in [1.82, 2.24) is 15.2 Å². The van der Waals surface area contributed by atoms with E-state index in [1.807, 2.05) is 17.5 Å². The van der Waals surface area contributed by atoms with Crippen LogP contribution in [0.1, 0.15) is 30.1 Å². The number of nitrogens with one attached hydrogen (secondary N) is 1. The number of rotatable bonds is 2. The fraction of sp³-hybridized carbons (Fsp3) is 0.250. The van der Waals surface area contributed by atoms with Crippen molar-refractivity contribution in [3.8, 4) is 6.07 Å². The Labute approximate surface area is 142 Å². The number of carbonyl (C=O) groups is 1. The molecule has 8 heteroatoms. The molecule has 24 heavy (non-hydrogen) atoms. The standard InChI is InChI=1S/C16H14N6OS/c17-7-9-13(12-5-2-6-24-12)14-10(3-1-4-11(14)23)22(15(9)18)16-19-8-20-21-16/h2,5-6,8,13H,1,3-4,18H2,(H,19,20,21). The second-order valence-corrected chi connectivity index (χ2v) is 6.62. The first-order valence-electron chi connectivity index (χ1n) is 7.57. The SMILES string of the molecule is N#CC1=C(N)N(c2ncn[nH]2)C2=C(C(=O)CCC2)C1c1cccs1. The molecule has 0 radical (unpaired) electrons. The highest BCUT2D eigenvalue weighted by Crippen LogP contribution is 2.46. The minimum absolute atomic E-state index is 0.0689. The van der Waals surface area contributed by atoms with Gasteiger partial charge in [-0.15, -0.1) is 11.3 Å². The minimum Gasteiger partial charge on any atom is -0.384 e. The van der Waals surface area contributed by atoms with Crippen LogP contribution in [0.4, 0.5) is 5.95 Å². The average molecular weight is 338 g/mol. The summed E-state index contributed by atoms with van der Waals surface area (Å²) in [6.07, 6.45) is 3.34. The third-order valence-electron chi connectivity index (χ3n) is 4.36. The number of thiophene rings is 1. The Balaban J connectivity index is 1.98. The van der Waals surface area contributed by atoms with E-state index in [1.165, 1.54) is 17.7 Å². The third kappa shape index (κ3) is 2.06. The van der Waals surface area contributed by atoms with Crippen molar-refractivity contribution >= 4 is 23.1 Å². The summed E-state index contributed by atoms with van der Waals surface area (Å²) in [6.45, 7) is 0. The summed E-state index contributed by atoms with van der Waals surface area (Å²) in [5, 5.41) is 18.3. The van der Waals surface area contributed by atoms with E-state index in [4.69, 9.17) is 5.73 Å². The number of nitriles is 1. The second-order valence-electron chi connectivity index (χ2n) is 5.64. The van der Waals surface area contributed by atoms with E-state index in [9.17, 15) is 10.1 Å². The first-order chi connectivity index (χ1) is 11.7. The molecule has 1 unspecified atom stereocenters. The molecular formula is C16H14N6OS. The smallest absolute Gasteiger partial charge is 0.231 e. The predicted molar refractivity (Wildman–Crippen MR) is 88.6 cm³/mol. The maximum absolute atomic E-state index is 12.7. The Hall–Kier alpha value is -2.92. The quantitative estimate of drug-likeness (QED) is 0.868. The van der Waals surface area contributed by atoms with Crippen molar-refractivity contribution < 1.29 is 4.79 Å². The average Bonchev–Trinajstić information content (AvgIpc) is 3.27. The van der Waals surface area contributed by atoms with Crippen LogP contribution in [0.3, 0.4) is 0 Å². The number of hydrogen-bond donors (Lipinski definition) is 2. The van der Waals surface area contributed by atoms with Gasteiger partial charge in [-0.05, 0) is 24.3 Å². The number of nitrogens with zero attached hydrogens (tertiary/aromatic N) is 4. The Morgan fingerprint density at radius 2 is 2.33 bits per heavy atom. The van der Waals surface area contributed by atoms with Crippen LogP contribution >= 0.6 is 11.3 Å². The molecule has 0 aromatic carbocycles. The van der Waals surface area contributed by atoms with Crippen molar-refractivity contribution in [3.05, 3.63) is 51.4 Å². The van der Waals surface area contributed by atoms with Gasteiger partial charge in [-0.25, -0.2) is 5.10 Å². The van der Waals surface area contributed by atoms with Crippen LogP contribution < -0.4 is 10.6 Å². The minimum atomic E-state index is -0.392. The van der Waals surface area contributed by atoms with Gasteiger partial charge in [0, 0.05) is 22.6 Å². The van der Waals surface area contributed by atoms with Gasteiger partial charge in [-0.3, -0.25) is 9.69 Å².